The van der Waals surface area contributed by atoms with E-state index in [1.807, 2.05) is 58.5 Å². The van der Waals surface area contributed by atoms with Gasteiger partial charge in [0.1, 0.15) is 0 Å². The molecule has 26 heavy (non-hydrogen) atoms. The maximum atomic E-state index is 5.38. The van der Waals surface area contributed by atoms with Crippen LogP contribution in [0, 0.1) is 11.7 Å². The van der Waals surface area contributed by atoms with Crippen LogP contribution in [0.25, 0.3) is 16.9 Å². The molecule has 4 rings (SSSR count). The lowest BCUT2D eigenvalue weighted by Gasteiger charge is -2.07. The number of aromatic nitrogens is 4. The molecule has 8 heteroatoms. The van der Waals surface area contributed by atoms with Crippen molar-refractivity contribution in [2.24, 2.45) is 0 Å². The van der Waals surface area contributed by atoms with Gasteiger partial charge in [0.15, 0.2) is 5.13 Å². The number of rotatable bonds is 4. The van der Waals surface area contributed by atoms with Crippen molar-refractivity contribution in [3.05, 3.63) is 68.7 Å². The molecule has 0 saturated heterocycles. The van der Waals surface area contributed by atoms with Gasteiger partial charge in [-0.25, -0.2) is 10.1 Å². The number of aromatic amines is 1. The van der Waals surface area contributed by atoms with Crippen molar-refractivity contribution >= 4 is 50.6 Å². The van der Waals surface area contributed by atoms with E-state index in [1.165, 1.54) is 16.9 Å². The molecule has 0 radical (unpaired) electrons. The highest BCUT2D eigenvalue weighted by Gasteiger charge is 2.11. The molecule has 0 unspecified atom stereocenters. The fraction of sp³-hybridized carbons (Fsp3) is 0.0556. The van der Waals surface area contributed by atoms with E-state index >= 15 is 0 Å². The third-order valence-electron chi connectivity index (χ3n) is 3.83. The molecule has 0 aliphatic carbocycles. The fourth-order valence-corrected chi connectivity index (χ4v) is 3.71. The minimum Gasteiger partial charge on any atom is -0.300 e. The molecular weight excluding hydrogens is 430 g/mol. The molecule has 4 aromatic rings. The van der Waals surface area contributed by atoms with Crippen molar-refractivity contribution in [1.82, 2.24) is 19.7 Å². The molecule has 2 N–H and O–H groups in total. The molecular formula is C18H14BrN5S2. The van der Waals surface area contributed by atoms with E-state index in [0.29, 0.717) is 10.7 Å². The first-order valence-electron chi connectivity index (χ1n) is 7.83. The van der Waals surface area contributed by atoms with E-state index in [-0.39, 0.29) is 0 Å². The quantitative estimate of drug-likeness (QED) is 0.387. The second kappa shape index (κ2) is 7.14. The van der Waals surface area contributed by atoms with Gasteiger partial charge in [-0.15, -0.1) is 16.4 Å². The van der Waals surface area contributed by atoms with Crippen molar-refractivity contribution in [2.45, 2.75) is 6.92 Å². The molecule has 0 saturated carbocycles. The zero-order chi connectivity index (χ0) is 18.1. The van der Waals surface area contributed by atoms with Gasteiger partial charge in [-0.2, -0.15) is 0 Å². The first-order valence-corrected chi connectivity index (χ1v) is 9.91. The molecule has 2 aromatic carbocycles. The molecule has 0 bridgehead atoms. The van der Waals surface area contributed by atoms with Crippen LogP contribution in [0.4, 0.5) is 11.1 Å². The minimum absolute atomic E-state index is 0.529. The van der Waals surface area contributed by atoms with E-state index in [0.717, 1.165) is 26.5 Å². The number of thiazole rings is 1. The smallest absolute Gasteiger partial charge is 0.234 e. The summed E-state index contributed by atoms with van der Waals surface area (Å²) in [7, 11) is 0. The van der Waals surface area contributed by atoms with E-state index < -0.39 is 0 Å². The van der Waals surface area contributed by atoms with Gasteiger partial charge < -0.3 is 0 Å². The number of nitrogens with zero attached hydrogens (tertiary/aromatic N) is 3. The molecule has 0 spiro atoms. The molecule has 0 aliphatic rings. The molecule has 0 aliphatic heterocycles. The lowest BCUT2D eigenvalue weighted by atomic mass is 10.2. The Labute approximate surface area is 167 Å². The number of nitrogens with one attached hydrogen (secondary N) is 2. The molecule has 2 heterocycles. The summed E-state index contributed by atoms with van der Waals surface area (Å²) in [6.07, 6.45) is 0. The number of benzene rings is 2. The van der Waals surface area contributed by atoms with Gasteiger partial charge in [0.2, 0.25) is 10.7 Å². The van der Waals surface area contributed by atoms with Crippen LogP contribution in [0.5, 0.6) is 0 Å². The topological polar surface area (TPSA) is 58.5 Å². The van der Waals surface area contributed by atoms with Crippen molar-refractivity contribution in [3.63, 3.8) is 0 Å². The van der Waals surface area contributed by atoms with Gasteiger partial charge in [-0.3, -0.25) is 9.88 Å². The van der Waals surface area contributed by atoms with Gasteiger partial charge in [0, 0.05) is 15.4 Å². The number of hydrogen-bond acceptors (Lipinski definition) is 5. The average molecular weight is 444 g/mol. The van der Waals surface area contributed by atoms with Crippen LogP contribution in [0.2, 0.25) is 0 Å². The predicted octanol–water partition coefficient (Wildman–Crippen LogP) is 5.87. The largest absolute Gasteiger partial charge is 0.300 e. The van der Waals surface area contributed by atoms with E-state index in [2.05, 4.69) is 43.4 Å². The predicted molar refractivity (Wildman–Crippen MR) is 112 cm³/mol. The third kappa shape index (κ3) is 3.48. The third-order valence-corrected chi connectivity index (χ3v) is 5.39. The monoisotopic (exact) mass is 443 g/mol. The Kier molecular flexibility index (Phi) is 4.71. The zero-order valence-electron chi connectivity index (χ0n) is 13.7. The van der Waals surface area contributed by atoms with Crippen molar-refractivity contribution < 1.29 is 0 Å². The first kappa shape index (κ1) is 17.1. The molecule has 2 aromatic heterocycles. The van der Waals surface area contributed by atoms with Crippen LogP contribution in [0.1, 0.15) is 5.56 Å². The Balaban J connectivity index is 1.64. The summed E-state index contributed by atoms with van der Waals surface area (Å²) in [6, 6.07) is 16.2. The van der Waals surface area contributed by atoms with E-state index in [4.69, 9.17) is 12.2 Å². The van der Waals surface area contributed by atoms with E-state index in [1.54, 1.807) is 0 Å². The van der Waals surface area contributed by atoms with Crippen LogP contribution < -0.4 is 5.32 Å². The maximum Gasteiger partial charge on any atom is 0.234 e. The Morgan fingerprint density at radius 1 is 1.12 bits per heavy atom. The zero-order valence-corrected chi connectivity index (χ0v) is 17.0. The first-order chi connectivity index (χ1) is 12.6. The van der Waals surface area contributed by atoms with Crippen LogP contribution in [-0.2, 0) is 0 Å². The number of H-pyrrole nitrogens is 1. The Morgan fingerprint density at radius 3 is 2.58 bits per heavy atom. The number of halogens is 1. The van der Waals surface area contributed by atoms with Crippen LogP contribution in [-0.4, -0.2) is 19.7 Å². The van der Waals surface area contributed by atoms with Gasteiger partial charge in [0.05, 0.1) is 11.4 Å². The van der Waals surface area contributed by atoms with Gasteiger partial charge in [-0.05, 0) is 43.4 Å². The van der Waals surface area contributed by atoms with Crippen LogP contribution >= 0.6 is 39.5 Å². The Hall–Kier alpha value is -2.29. The highest BCUT2D eigenvalue weighted by Crippen LogP contribution is 2.28. The number of anilines is 2. The highest BCUT2D eigenvalue weighted by atomic mass is 79.9. The summed E-state index contributed by atoms with van der Waals surface area (Å²) >= 11 is 10.4. The van der Waals surface area contributed by atoms with Gasteiger partial charge in [0.25, 0.3) is 0 Å². The summed E-state index contributed by atoms with van der Waals surface area (Å²) < 4.78 is 3.43. The second-order valence-electron chi connectivity index (χ2n) is 5.69. The summed E-state index contributed by atoms with van der Waals surface area (Å²) in [4.78, 5) is 4.65. The molecule has 130 valence electrons. The standard InChI is InChI=1S/C18H14BrN5S2/c1-11-2-8-14(9-3-11)24-16(22-23-18(24)25)21-17-20-15(10-26-17)12-4-6-13(19)7-5-12/h2-10H,1H3,(H,23,25)(H,20,21,22). The van der Waals surface area contributed by atoms with Gasteiger partial charge >= 0.3 is 0 Å². The maximum absolute atomic E-state index is 5.38. The Bertz CT molecular complexity index is 1090. The average Bonchev–Trinajstić information content (AvgIpc) is 3.24. The molecule has 0 fully saturated rings. The number of hydrogen-bond donors (Lipinski definition) is 2. The molecule has 0 amide bonds. The molecule has 0 atom stereocenters. The fourth-order valence-electron chi connectivity index (χ4n) is 2.49. The van der Waals surface area contributed by atoms with Crippen LogP contribution in [0.3, 0.4) is 0 Å². The summed E-state index contributed by atoms with van der Waals surface area (Å²) in [5, 5.41) is 13.2. The normalized spacial score (nSPS) is 10.8. The minimum atomic E-state index is 0.529. The van der Waals surface area contributed by atoms with Crippen LogP contribution in [0.15, 0.2) is 58.4 Å². The highest BCUT2D eigenvalue weighted by molar-refractivity contribution is 9.10. The summed E-state index contributed by atoms with van der Waals surface area (Å²) in [6.45, 7) is 2.05. The summed E-state index contributed by atoms with van der Waals surface area (Å²) in [5.74, 6) is 0.607. The Morgan fingerprint density at radius 2 is 1.85 bits per heavy atom. The summed E-state index contributed by atoms with van der Waals surface area (Å²) in [5.41, 5.74) is 4.12. The van der Waals surface area contributed by atoms with Crippen molar-refractivity contribution in [2.75, 3.05) is 5.32 Å². The number of aryl methyl sites for hydroxylation is 1. The van der Waals surface area contributed by atoms with Gasteiger partial charge in [-0.1, -0.05) is 45.8 Å². The lowest BCUT2D eigenvalue weighted by molar-refractivity contribution is 1.03. The molecule has 5 nitrogen and oxygen atoms in total. The van der Waals surface area contributed by atoms with Crippen molar-refractivity contribution in [3.8, 4) is 16.9 Å². The lowest BCUT2D eigenvalue weighted by Crippen LogP contribution is -2.01. The SMILES string of the molecule is Cc1ccc(-n2c(Nc3nc(-c4ccc(Br)cc4)cs3)n[nH]c2=S)cc1. The van der Waals surface area contributed by atoms with E-state index in [9.17, 15) is 0 Å². The second-order valence-corrected chi connectivity index (χ2v) is 7.85. The van der Waals surface area contributed by atoms with Crippen molar-refractivity contribution in [1.29, 1.82) is 0 Å².